The molecule has 3 aliphatic rings. The second kappa shape index (κ2) is 9.98. The number of halogens is 1. The molecule has 0 radical (unpaired) electrons. The van der Waals surface area contributed by atoms with Gasteiger partial charge in [0.15, 0.2) is 0 Å². The van der Waals surface area contributed by atoms with Gasteiger partial charge in [-0.3, -0.25) is 9.36 Å². The standard InChI is InChI=1S/C26H32ClN5O5/c27-21-14-22(33)31(18-28-21)17-26(37)10-11-30(16-25(26)8-4-5-9-25)23(34)32-13-12-29(24(35)36)15-20(32)19-6-2-1-3-7-19/h1-3,6-7,14,18,20,37H,4-5,8-13,15-17H2,(H,35,36)/t20-,26+/m0/s1. The van der Waals surface area contributed by atoms with Crippen molar-refractivity contribution in [2.45, 2.75) is 50.3 Å². The van der Waals surface area contributed by atoms with Crippen LogP contribution in [0.15, 0.2) is 47.5 Å². The summed E-state index contributed by atoms with van der Waals surface area (Å²) in [5.74, 6) is 0. The highest BCUT2D eigenvalue weighted by Gasteiger charge is 2.56. The summed E-state index contributed by atoms with van der Waals surface area (Å²) in [7, 11) is 0. The number of amides is 3. The van der Waals surface area contributed by atoms with Crippen molar-refractivity contribution in [3.63, 3.8) is 0 Å². The summed E-state index contributed by atoms with van der Waals surface area (Å²) in [4.78, 5) is 47.1. The van der Waals surface area contributed by atoms with E-state index in [-0.39, 0.29) is 36.4 Å². The molecular formula is C26H32ClN5O5. The number of rotatable bonds is 3. The summed E-state index contributed by atoms with van der Waals surface area (Å²) >= 11 is 5.85. The number of benzene rings is 1. The van der Waals surface area contributed by atoms with E-state index in [2.05, 4.69) is 4.98 Å². The molecule has 1 aliphatic carbocycles. The van der Waals surface area contributed by atoms with Gasteiger partial charge in [-0.2, -0.15) is 0 Å². The number of urea groups is 1. The number of aliphatic hydroxyl groups is 1. The van der Waals surface area contributed by atoms with Crippen LogP contribution in [0.1, 0.15) is 43.7 Å². The minimum atomic E-state index is -1.17. The molecule has 5 rings (SSSR count). The number of piperazine rings is 1. The van der Waals surface area contributed by atoms with Crippen LogP contribution in [0, 0.1) is 5.41 Å². The lowest BCUT2D eigenvalue weighted by Gasteiger charge is -2.53. The maximum absolute atomic E-state index is 13.9. The van der Waals surface area contributed by atoms with Gasteiger partial charge in [-0.25, -0.2) is 14.6 Å². The molecule has 3 amide bonds. The minimum Gasteiger partial charge on any atom is -0.465 e. The Bertz CT molecular complexity index is 1220. The van der Waals surface area contributed by atoms with E-state index in [1.807, 2.05) is 35.2 Å². The van der Waals surface area contributed by atoms with E-state index in [4.69, 9.17) is 11.6 Å². The lowest BCUT2D eigenvalue weighted by atomic mass is 9.66. The van der Waals surface area contributed by atoms with Gasteiger partial charge in [0.05, 0.1) is 24.5 Å². The zero-order valence-electron chi connectivity index (χ0n) is 20.6. The van der Waals surface area contributed by atoms with Gasteiger partial charge < -0.3 is 24.9 Å². The Hall–Kier alpha value is -3.11. The number of carbonyl (C=O) groups is 2. The van der Waals surface area contributed by atoms with Crippen molar-refractivity contribution in [2.75, 3.05) is 32.7 Å². The van der Waals surface area contributed by atoms with Crippen molar-refractivity contribution in [3.8, 4) is 0 Å². The van der Waals surface area contributed by atoms with Crippen molar-refractivity contribution in [1.82, 2.24) is 24.3 Å². The summed E-state index contributed by atoms with van der Waals surface area (Å²) < 4.78 is 1.40. The molecule has 0 unspecified atom stereocenters. The Balaban J connectivity index is 1.39. The first-order chi connectivity index (χ1) is 17.7. The van der Waals surface area contributed by atoms with Gasteiger partial charge in [-0.1, -0.05) is 54.8 Å². The van der Waals surface area contributed by atoms with Crippen LogP contribution in [0.2, 0.25) is 5.15 Å². The fourth-order valence-electron chi connectivity index (χ4n) is 6.39. The number of carboxylic acid groups (broad SMARTS) is 1. The molecule has 37 heavy (non-hydrogen) atoms. The fourth-order valence-corrected chi connectivity index (χ4v) is 6.53. The van der Waals surface area contributed by atoms with Crippen LogP contribution in [0.4, 0.5) is 9.59 Å². The Morgan fingerprint density at radius 3 is 2.46 bits per heavy atom. The predicted octanol–water partition coefficient (Wildman–Crippen LogP) is 3.05. The number of likely N-dealkylation sites (tertiary alicyclic amines) is 1. The second-order valence-corrected chi connectivity index (χ2v) is 10.9. The van der Waals surface area contributed by atoms with Crippen molar-refractivity contribution >= 4 is 23.7 Å². The SMILES string of the molecule is O=C(O)N1CCN(C(=O)N2CC[C@@](O)(Cn3cnc(Cl)cc3=O)C3(CCCC3)C2)[C@H](c2ccccc2)C1. The van der Waals surface area contributed by atoms with Crippen LogP contribution in [0.3, 0.4) is 0 Å². The van der Waals surface area contributed by atoms with Crippen LogP contribution in [0.5, 0.6) is 0 Å². The second-order valence-electron chi connectivity index (χ2n) is 10.5. The summed E-state index contributed by atoms with van der Waals surface area (Å²) in [6.07, 6.45) is 4.13. The maximum atomic E-state index is 13.9. The van der Waals surface area contributed by atoms with Gasteiger partial charge in [0.2, 0.25) is 0 Å². The number of carbonyl (C=O) groups excluding carboxylic acids is 1. The Kier molecular flexibility index (Phi) is 6.89. The average molecular weight is 530 g/mol. The first kappa shape index (κ1) is 25.5. The topological polar surface area (TPSA) is 119 Å². The molecule has 1 saturated carbocycles. The van der Waals surface area contributed by atoms with Crippen molar-refractivity contribution in [1.29, 1.82) is 0 Å². The van der Waals surface area contributed by atoms with E-state index in [0.717, 1.165) is 31.2 Å². The monoisotopic (exact) mass is 529 g/mol. The third kappa shape index (κ3) is 4.80. The molecule has 11 heteroatoms. The molecule has 3 fully saturated rings. The summed E-state index contributed by atoms with van der Waals surface area (Å²) in [6.45, 7) is 1.58. The molecule has 2 N–H and O–H groups in total. The zero-order valence-corrected chi connectivity index (χ0v) is 21.4. The van der Waals surface area contributed by atoms with Crippen LogP contribution in [-0.2, 0) is 6.54 Å². The van der Waals surface area contributed by atoms with E-state index in [1.54, 1.807) is 4.90 Å². The molecule has 1 aromatic heterocycles. The van der Waals surface area contributed by atoms with Gasteiger partial charge >= 0.3 is 12.1 Å². The van der Waals surface area contributed by atoms with E-state index in [9.17, 15) is 24.6 Å². The van der Waals surface area contributed by atoms with Crippen LogP contribution >= 0.6 is 11.6 Å². The molecular weight excluding hydrogens is 498 g/mol. The van der Waals surface area contributed by atoms with Crippen LogP contribution in [0.25, 0.3) is 0 Å². The molecule has 2 atom stereocenters. The Morgan fingerprint density at radius 1 is 1.05 bits per heavy atom. The van der Waals surface area contributed by atoms with Gasteiger partial charge in [-0.15, -0.1) is 0 Å². The fraction of sp³-hybridized carbons (Fsp3) is 0.538. The number of hydrogen-bond acceptors (Lipinski definition) is 5. The van der Waals surface area contributed by atoms with Gasteiger partial charge in [0, 0.05) is 44.2 Å². The van der Waals surface area contributed by atoms with Crippen molar-refractivity contribution in [3.05, 3.63) is 63.8 Å². The number of aromatic nitrogens is 2. The van der Waals surface area contributed by atoms with Gasteiger partial charge in [0.25, 0.3) is 5.56 Å². The Morgan fingerprint density at radius 2 is 1.78 bits per heavy atom. The molecule has 2 aromatic rings. The lowest BCUT2D eigenvalue weighted by Crippen LogP contribution is -2.64. The number of hydrogen-bond donors (Lipinski definition) is 2. The normalized spacial score (nSPS) is 25.5. The first-order valence-electron chi connectivity index (χ1n) is 12.7. The minimum absolute atomic E-state index is 0.0992. The number of nitrogens with zero attached hydrogens (tertiary/aromatic N) is 5. The largest absolute Gasteiger partial charge is 0.465 e. The average Bonchev–Trinajstić information content (AvgIpc) is 3.37. The van der Waals surface area contributed by atoms with Crippen molar-refractivity contribution in [2.24, 2.45) is 5.41 Å². The highest BCUT2D eigenvalue weighted by molar-refractivity contribution is 6.29. The van der Waals surface area contributed by atoms with Crippen LogP contribution in [-0.4, -0.2) is 84.9 Å². The van der Waals surface area contributed by atoms with E-state index in [0.29, 0.717) is 26.1 Å². The van der Waals surface area contributed by atoms with Gasteiger partial charge in [-0.05, 0) is 24.8 Å². The third-order valence-electron chi connectivity index (χ3n) is 8.47. The smallest absolute Gasteiger partial charge is 0.407 e. The molecule has 2 aliphatic heterocycles. The van der Waals surface area contributed by atoms with Crippen molar-refractivity contribution < 1.29 is 19.8 Å². The predicted molar refractivity (Wildman–Crippen MR) is 136 cm³/mol. The third-order valence-corrected chi connectivity index (χ3v) is 8.67. The quantitative estimate of drug-likeness (QED) is 0.590. The van der Waals surface area contributed by atoms with E-state index < -0.39 is 23.2 Å². The highest BCUT2D eigenvalue weighted by atomic mass is 35.5. The molecule has 2 saturated heterocycles. The number of piperidine rings is 1. The maximum Gasteiger partial charge on any atom is 0.407 e. The Labute approximate surface area is 220 Å². The summed E-state index contributed by atoms with van der Waals surface area (Å²) in [5, 5.41) is 21.6. The van der Waals surface area contributed by atoms with E-state index >= 15 is 0 Å². The van der Waals surface area contributed by atoms with E-state index in [1.165, 1.54) is 21.9 Å². The first-order valence-corrected chi connectivity index (χ1v) is 13.1. The molecule has 1 aromatic carbocycles. The zero-order chi connectivity index (χ0) is 26.2. The summed E-state index contributed by atoms with van der Waals surface area (Å²) in [6, 6.07) is 10.2. The molecule has 0 bridgehead atoms. The van der Waals surface area contributed by atoms with Crippen LogP contribution < -0.4 is 5.56 Å². The lowest BCUT2D eigenvalue weighted by molar-refractivity contribution is -0.137. The molecule has 1 spiro atoms. The molecule has 198 valence electrons. The highest BCUT2D eigenvalue weighted by Crippen LogP contribution is 2.51. The summed E-state index contributed by atoms with van der Waals surface area (Å²) in [5.41, 5.74) is -1.13. The molecule has 10 nitrogen and oxygen atoms in total. The molecule has 3 heterocycles. The van der Waals surface area contributed by atoms with Gasteiger partial charge in [0.1, 0.15) is 5.15 Å².